The van der Waals surface area contributed by atoms with Crippen LogP contribution in [0, 0.1) is 5.92 Å². The van der Waals surface area contributed by atoms with Crippen LogP contribution in [-0.2, 0) is 29.4 Å². The Kier molecular flexibility index (Phi) is 6.26. The zero-order valence-electron chi connectivity index (χ0n) is 17.9. The molecular formula is C21H23ClF3N5O3. The van der Waals surface area contributed by atoms with Crippen LogP contribution in [0.15, 0.2) is 23.0 Å². The van der Waals surface area contributed by atoms with Gasteiger partial charge in [-0.25, -0.2) is 9.48 Å². The average molecular weight is 486 g/mol. The summed E-state index contributed by atoms with van der Waals surface area (Å²) in [6, 6.07) is 2.60. The van der Waals surface area contributed by atoms with Gasteiger partial charge >= 0.3 is 11.9 Å². The fourth-order valence-electron chi connectivity index (χ4n) is 4.03. The summed E-state index contributed by atoms with van der Waals surface area (Å²) in [5.74, 6) is 0.108. The first kappa shape index (κ1) is 23.3. The van der Waals surface area contributed by atoms with Gasteiger partial charge in [0.1, 0.15) is 12.4 Å². The minimum atomic E-state index is -4.59. The number of carbonyl (C=O) groups excluding carboxylic acids is 2. The Hall–Kier alpha value is -2.82. The van der Waals surface area contributed by atoms with Crippen molar-refractivity contribution in [2.24, 2.45) is 13.0 Å². The quantitative estimate of drug-likeness (QED) is 0.705. The summed E-state index contributed by atoms with van der Waals surface area (Å²) in [5.41, 5.74) is -1.66. The van der Waals surface area contributed by atoms with Crippen molar-refractivity contribution in [3.63, 3.8) is 0 Å². The monoisotopic (exact) mass is 485 g/mol. The van der Waals surface area contributed by atoms with E-state index in [9.17, 15) is 27.6 Å². The number of aromatic nitrogens is 3. The van der Waals surface area contributed by atoms with Crippen molar-refractivity contribution < 1.29 is 22.8 Å². The van der Waals surface area contributed by atoms with Gasteiger partial charge in [0.2, 0.25) is 11.8 Å². The van der Waals surface area contributed by atoms with Crippen LogP contribution in [0.3, 0.4) is 0 Å². The number of hydrogen-bond donors (Lipinski definition) is 1. The molecule has 0 radical (unpaired) electrons. The Morgan fingerprint density at radius 3 is 2.45 bits per heavy atom. The number of hydrogen-bond acceptors (Lipinski definition) is 4. The van der Waals surface area contributed by atoms with Gasteiger partial charge < -0.3 is 10.2 Å². The number of piperidine rings is 1. The number of nitrogens with zero attached hydrogens (tertiary/aromatic N) is 4. The van der Waals surface area contributed by atoms with E-state index in [-0.39, 0.29) is 28.5 Å². The Balaban J connectivity index is 1.42. The summed E-state index contributed by atoms with van der Waals surface area (Å²) >= 11 is 5.91. The number of likely N-dealkylation sites (tertiary alicyclic amines) is 1. The van der Waals surface area contributed by atoms with Crippen LogP contribution in [0.25, 0.3) is 0 Å². The number of nitrogens with one attached hydrogen (secondary N) is 1. The van der Waals surface area contributed by atoms with Crippen molar-refractivity contribution >= 4 is 29.1 Å². The molecule has 2 aromatic rings. The number of halogens is 4. The summed E-state index contributed by atoms with van der Waals surface area (Å²) in [6.45, 7) is 0.712. The van der Waals surface area contributed by atoms with Crippen molar-refractivity contribution in [3.05, 3.63) is 45.1 Å². The predicted molar refractivity (Wildman–Crippen MR) is 114 cm³/mol. The molecule has 33 heavy (non-hydrogen) atoms. The molecule has 2 fully saturated rings. The molecule has 12 heteroatoms. The first-order valence-electron chi connectivity index (χ1n) is 10.6. The second kappa shape index (κ2) is 8.85. The van der Waals surface area contributed by atoms with Crippen molar-refractivity contribution in [1.29, 1.82) is 0 Å². The highest BCUT2D eigenvalue weighted by Crippen LogP contribution is 2.35. The predicted octanol–water partition coefficient (Wildman–Crippen LogP) is 3.01. The average Bonchev–Trinajstić information content (AvgIpc) is 3.57. The standard InChI is InChI=1S/C21H23ClF3N5O3/c1-28-18(12-6-8-29(9-7-12)19(32)13-2-3-13)27-30(20(28)33)11-17(31)26-16-10-14(21(23,24)25)4-5-15(16)22/h4-5,10,12-13H,2-3,6-9,11H2,1H3,(H,26,31). The van der Waals surface area contributed by atoms with Crippen LogP contribution in [-0.4, -0.2) is 44.2 Å². The maximum atomic E-state index is 12.9. The molecule has 8 nitrogen and oxygen atoms in total. The number of carbonyl (C=O) groups is 2. The normalized spacial score (nSPS) is 17.3. The summed E-state index contributed by atoms with van der Waals surface area (Å²) in [5, 5.41) is 6.56. The van der Waals surface area contributed by atoms with E-state index in [0.29, 0.717) is 31.8 Å². The third kappa shape index (κ3) is 5.07. The van der Waals surface area contributed by atoms with Crippen LogP contribution in [0.2, 0.25) is 5.02 Å². The Morgan fingerprint density at radius 1 is 1.18 bits per heavy atom. The van der Waals surface area contributed by atoms with Gasteiger partial charge in [0.05, 0.1) is 16.3 Å². The highest BCUT2D eigenvalue weighted by molar-refractivity contribution is 6.33. The fourth-order valence-corrected chi connectivity index (χ4v) is 4.20. The Labute approximate surface area is 192 Å². The zero-order chi connectivity index (χ0) is 23.9. The first-order chi connectivity index (χ1) is 15.5. The lowest BCUT2D eigenvalue weighted by Gasteiger charge is -2.31. The smallest absolute Gasteiger partial charge is 0.342 e. The number of alkyl halides is 3. The molecule has 0 unspecified atom stereocenters. The van der Waals surface area contributed by atoms with Gasteiger partial charge in [-0.15, -0.1) is 0 Å². The first-order valence-corrected chi connectivity index (χ1v) is 11.0. The van der Waals surface area contributed by atoms with E-state index >= 15 is 0 Å². The summed E-state index contributed by atoms with van der Waals surface area (Å²) in [4.78, 5) is 39.1. The minimum absolute atomic E-state index is 0.0341. The van der Waals surface area contributed by atoms with Crippen molar-refractivity contribution in [1.82, 2.24) is 19.2 Å². The molecule has 4 rings (SSSR count). The van der Waals surface area contributed by atoms with Crippen LogP contribution >= 0.6 is 11.6 Å². The van der Waals surface area contributed by atoms with Gasteiger partial charge in [-0.2, -0.15) is 18.3 Å². The lowest BCUT2D eigenvalue weighted by molar-refractivity contribution is -0.137. The van der Waals surface area contributed by atoms with Gasteiger partial charge in [0.15, 0.2) is 0 Å². The van der Waals surface area contributed by atoms with E-state index in [2.05, 4.69) is 10.4 Å². The number of benzene rings is 1. The summed E-state index contributed by atoms with van der Waals surface area (Å²) in [7, 11) is 1.56. The highest BCUT2D eigenvalue weighted by Gasteiger charge is 2.36. The van der Waals surface area contributed by atoms with E-state index in [1.54, 1.807) is 7.05 Å². The van der Waals surface area contributed by atoms with E-state index in [1.165, 1.54) is 4.57 Å². The maximum absolute atomic E-state index is 12.9. The zero-order valence-corrected chi connectivity index (χ0v) is 18.6. The van der Waals surface area contributed by atoms with Crippen molar-refractivity contribution in [3.8, 4) is 0 Å². The molecule has 0 bridgehead atoms. The van der Waals surface area contributed by atoms with Crippen LogP contribution in [0.1, 0.15) is 43.0 Å². The Bertz CT molecular complexity index is 1130. The molecule has 1 aliphatic heterocycles. The highest BCUT2D eigenvalue weighted by atomic mass is 35.5. The lowest BCUT2D eigenvalue weighted by Crippen LogP contribution is -2.39. The fraction of sp³-hybridized carbons (Fsp3) is 0.524. The molecular weight excluding hydrogens is 463 g/mol. The van der Waals surface area contributed by atoms with Crippen molar-refractivity contribution in [2.75, 3.05) is 18.4 Å². The molecule has 2 heterocycles. The van der Waals surface area contributed by atoms with Gasteiger partial charge in [0, 0.05) is 32.0 Å². The SMILES string of the molecule is Cn1c(C2CCN(C(=O)C3CC3)CC2)nn(CC(=O)Nc2cc(C(F)(F)F)ccc2Cl)c1=O. The van der Waals surface area contributed by atoms with E-state index in [1.807, 2.05) is 4.90 Å². The number of anilines is 1. The molecule has 0 spiro atoms. The van der Waals surface area contributed by atoms with Gasteiger partial charge in [-0.3, -0.25) is 14.2 Å². The molecule has 1 saturated heterocycles. The molecule has 1 saturated carbocycles. The third-order valence-electron chi connectivity index (χ3n) is 6.03. The van der Waals surface area contributed by atoms with E-state index in [4.69, 9.17) is 11.6 Å². The minimum Gasteiger partial charge on any atom is -0.342 e. The Morgan fingerprint density at radius 2 is 1.85 bits per heavy atom. The maximum Gasteiger partial charge on any atom is 0.416 e. The molecule has 2 amide bonds. The molecule has 1 aliphatic carbocycles. The summed E-state index contributed by atoms with van der Waals surface area (Å²) < 4.78 is 41.2. The molecule has 2 aliphatic rings. The lowest BCUT2D eigenvalue weighted by atomic mass is 9.95. The van der Waals surface area contributed by atoms with E-state index in [0.717, 1.165) is 35.7 Å². The molecule has 0 atom stereocenters. The molecule has 1 N–H and O–H groups in total. The third-order valence-corrected chi connectivity index (χ3v) is 6.36. The van der Waals surface area contributed by atoms with E-state index < -0.39 is 29.9 Å². The molecule has 178 valence electrons. The topological polar surface area (TPSA) is 89.2 Å². The van der Waals surface area contributed by atoms with Gasteiger partial charge in [0.25, 0.3) is 0 Å². The van der Waals surface area contributed by atoms with Crippen LogP contribution in [0.4, 0.5) is 18.9 Å². The largest absolute Gasteiger partial charge is 0.416 e. The number of amides is 2. The molecule has 1 aromatic carbocycles. The number of rotatable bonds is 5. The van der Waals surface area contributed by atoms with Gasteiger partial charge in [-0.05, 0) is 43.9 Å². The summed E-state index contributed by atoms with van der Waals surface area (Å²) in [6.07, 6.45) is -1.36. The van der Waals surface area contributed by atoms with Crippen LogP contribution in [0.5, 0.6) is 0 Å². The van der Waals surface area contributed by atoms with Gasteiger partial charge in [-0.1, -0.05) is 11.6 Å². The van der Waals surface area contributed by atoms with Crippen molar-refractivity contribution in [2.45, 2.75) is 44.3 Å². The van der Waals surface area contributed by atoms with Crippen LogP contribution < -0.4 is 11.0 Å². The second-order valence-electron chi connectivity index (χ2n) is 8.47. The second-order valence-corrected chi connectivity index (χ2v) is 8.88. The molecule has 1 aromatic heterocycles.